The molecule has 0 saturated carbocycles. The van der Waals surface area contributed by atoms with Gasteiger partial charge in [-0.05, 0) is 37.3 Å². The van der Waals surface area contributed by atoms with Crippen LogP contribution in [-0.2, 0) is 12.1 Å². The van der Waals surface area contributed by atoms with Crippen LogP contribution in [0.15, 0.2) is 18.2 Å². The van der Waals surface area contributed by atoms with E-state index in [9.17, 15) is 35.5 Å². The van der Waals surface area contributed by atoms with Gasteiger partial charge >= 0.3 is 24.1 Å². The summed E-state index contributed by atoms with van der Waals surface area (Å²) in [7, 11) is 0. The summed E-state index contributed by atoms with van der Waals surface area (Å²) in [6.45, 7) is 2.66. The van der Waals surface area contributed by atoms with Gasteiger partial charge in [0.25, 0.3) is 0 Å². The lowest BCUT2D eigenvalue weighted by Crippen LogP contribution is -2.50. The molecule has 1 aromatic carbocycles. The molecule has 0 radical (unpaired) electrons. The van der Waals surface area contributed by atoms with Crippen LogP contribution in [0.3, 0.4) is 0 Å². The largest absolute Gasteiger partial charge is 0.435 e. The van der Waals surface area contributed by atoms with E-state index in [4.69, 9.17) is 0 Å². The van der Waals surface area contributed by atoms with Crippen molar-refractivity contribution in [3.05, 3.63) is 34.9 Å². The van der Waals surface area contributed by atoms with Crippen LogP contribution in [-0.4, -0.2) is 42.4 Å². The Kier molecular flexibility index (Phi) is 5.04. The minimum atomic E-state index is -6.13. The summed E-state index contributed by atoms with van der Waals surface area (Å²) in [5, 5.41) is 2.69. The third-order valence-corrected chi connectivity index (χ3v) is 5.57. The van der Waals surface area contributed by atoms with Crippen LogP contribution in [0.5, 0.6) is 0 Å². The van der Waals surface area contributed by atoms with Crippen LogP contribution in [0.25, 0.3) is 0 Å². The van der Waals surface area contributed by atoms with Gasteiger partial charge < -0.3 is 10.2 Å². The minimum absolute atomic E-state index is 0.173. The number of hydrogen-bond acceptors (Lipinski definition) is 1. The highest BCUT2D eigenvalue weighted by atomic mass is 19.4. The van der Waals surface area contributed by atoms with E-state index in [0.717, 1.165) is 6.07 Å². The van der Waals surface area contributed by atoms with Crippen LogP contribution < -0.4 is 5.32 Å². The number of halogens is 7. The molecule has 1 aliphatic heterocycles. The number of aryl methyl sites for hydroxylation is 1. The number of nitrogens with one attached hydrogen (secondary N) is 1. The van der Waals surface area contributed by atoms with Gasteiger partial charge in [0.05, 0.1) is 0 Å². The Bertz CT molecular complexity index is 745. The quantitative estimate of drug-likeness (QED) is 0.695. The zero-order chi connectivity index (χ0) is 20.9. The fraction of sp³-hybridized carbons (Fsp3) is 0.611. The molecule has 3 nitrogen and oxygen atoms in total. The van der Waals surface area contributed by atoms with Gasteiger partial charge in [0.15, 0.2) is 0 Å². The van der Waals surface area contributed by atoms with E-state index in [0.29, 0.717) is 43.6 Å². The molecular weight excluding hydrogens is 393 g/mol. The van der Waals surface area contributed by atoms with Gasteiger partial charge in [-0.25, -0.2) is 9.18 Å². The molecule has 1 N–H and O–H groups in total. The van der Waals surface area contributed by atoms with E-state index in [-0.39, 0.29) is 30.0 Å². The highest BCUT2D eigenvalue weighted by molar-refractivity contribution is 5.75. The molecule has 1 heterocycles. The topological polar surface area (TPSA) is 32.3 Å². The summed E-state index contributed by atoms with van der Waals surface area (Å²) in [4.78, 5) is 13.8. The number of carbonyl (C=O) groups excluding carboxylic acids is 1. The van der Waals surface area contributed by atoms with Gasteiger partial charge in [0.1, 0.15) is 0 Å². The summed E-state index contributed by atoms with van der Waals surface area (Å²) in [5.74, 6) is -0.189. The van der Waals surface area contributed by atoms with Crippen LogP contribution >= 0.6 is 0 Å². The maximum atomic E-state index is 14.3. The normalized spacial score (nSPS) is 22.6. The Morgan fingerprint density at radius 2 is 1.75 bits per heavy atom. The number of fused-ring (bicyclic) bond motifs is 3. The first kappa shape index (κ1) is 20.7. The first-order valence-corrected chi connectivity index (χ1v) is 8.92. The molecule has 1 aliphatic carbocycles. The standard InChI is InChI=1S/C18H19F7N2O/c1-2-26-15(28)27-8-7-13-12-5-4-11(9-10(12)3-6-14(13)27)16(19,17(20,21)22)18(23,24)25/h4-5,9,13-14H,2-3,6-8H2,1H3,(H,26,28). The predicted molar refractivity (Wildman–Crippen MR) is 86.6 cm³/mol. The minimum Gasteiger partial charge on any atom is -0.338 e. The molecule has 2 unspecified atom stereocenters. The zero-order valence-electron chi connectivity index (χ0n) is 14.9. The average molecular weight is 412 g/mol. The van der Waals surface area contributed by atoms with E-state index >= 15 is 0 Å². The van der Waals surface area contributed by atoms with Crippen molar-refractivity contribution < 1.29 is 35.5 Å². The summed E-state index contributed by atoms with van der Waals surface area (Å²) in [6.07, 6.45) is -11.1. The Labute approximate surface area is 156 Å². The number of alkyl halides is 7. The molecule has 1 aromatic rings. The van der Waals surface area contributed by atoms with Crippen LogP contribution in [0.4, 0.5) is 35.5 Å². The molecule has 10 heteroatoms. The van der Waals surface area contributed by atoms with E-state index in [2.05, 4.69) is 5.32 Å². The second-order valence-electron chi connectivity index (χ2n) is 7.10. The first-order chi connectivity index (χ1) is 12.9. The molecule has 156 valence electrons. The second kappa shape index (κ2) is 6.81. The van der Waals surface area contributed by atoms with Gasteiger partial charge in [0, 0.05) is 30.6 Å². The highest BCUT2D eigenvalue weighted by Crippen LogP contribution is 2.54. The van der Waals surface area contributed by atoms with Gasteiger partial charge in [-0.3, -0.25) is 0 Å². The lowest BCUT2D eigenvalue weighted by atomic mass is 9.77. The van der Waals surface area contributed by atoms with E-state index in [1.54, 1.807) is 11.8 Å². The highest BCUT2D eigenvalue weighted by Gasteiger charge is 2.73. The van der Waals surface area contributed by atoms with Crippen molar-refractivity contribution in [2.24, 2.45) is 0 Å². The van der Waals surface area contributed by atoms with Crippen molar-refractivity contribution in [1.82, 2.24) is 10.2 Å². The van der Waals surface area contributed by atoms with Crippen molar-refractivity contribution in [1.29, 1.82) is 0 Å². The average Bonchev–Trinajstić information content (AvgIpc) is 3.03. The molecule has 2 aliphatic rings. The van der Waals surface area contributed by atoms with Crippen LogP contribution in [0.1, 0.15) is 42.4 Å². The van der Waals surface area contributed by atoms with Gasteiger partial charge in [-0.1, -0.05) is 18.2 Å². The van der Waals surface area contributed by atoms with E-state index in [1.165, 1.54) is 0 Å². The summed E-state index contributed by atoms with van der Waals surface area (Å²) in [5.41, 5.74) is -6.02. The van der Waals surface area contributed by atoms with Crippen LogP contribution in [0, 0.1) is 0 Å². The van der Waals surface area contributed by atoms with Gasteiger partial charge in [-0.2, -0.15) is 26.3 Å². The Balaban J connectivity index is 1.96. The molecule has 2 atom stereocenters. The van der Waals surface area contributed by atoms with Crippen molar-refractivity contribution in [2.45, 2.75) is 56.2 Å². The van der Waals surface area contributed by atoms with Crippen molar-refractivity contribution in [3.63, 3.8) is 0 Å². The van der Waals surface area contributed by atoms with Crippen molar-refractivity contribution in [3.8, 4) is 0 Å². The monoisotopic (exact) mass is 412 g/mol. The SMILES string of the molecule is CCNC(=O)N1CCC2c3ccc(C(F)(C(F)(F)F)C(F)(F)F)cc3CCC21. The summed E-state index contributed by atoms with van der Waals surface area (Å²) >= 11 is 0. The lowest BCUT2D eigenvalue weighted by Gasteiger charge is -2.35. The third kappa shape index (κ3) is 3.10. The number of amides is 2. The predicted octanol–water partition coefficient (Wildman–Crippen LogP) is 4.81. The van der Waals surface area contributed by atoms with Crippen molar-refractivity contribution >= 4 is 6.03 Å². The molecular formula is C18H19F7N2O. The molecule has 28 heavy (non-hydrogen) atoms. The zero-order valence-corrected chi connectivity index (χ0v) is 14.9. The smallest absolute Gasteiger partial charge is 0.338 e. The maximum Gasteiger partial charge on any atom is 0.435 e. The summed E-state index contributed by atoms with van der Waals surface area (Å²) < 4.78 is 92.3. The number of urea groups is 1. The molecule has 0 spiro atoms. The number of rotatable bonds is 2. The fourth-order valence-corrected chi connectivity index (χ4v) is 4.27. The number of carbonyl (C=O) groups is 1. The van der Waals surface area contributed by atoms with Gasteiger partial charge in [-0.15, -0.1) is 0 Å². The number of benzene rings is 1. The third-order valence-electron chi connectivity index (χ3n) is 5.57. The molecule has 1 saturated heterocycles. The van der Waals surface area contributed by atoms with E-state index in [1.807, 2.05) is 0 Å². The molecule has 0 bridgehead atoms. The molecule has 0 aromatic heterocycles. The number of likely N-dealkylation sites (tertiary alicyclic amines) is 1. The van der Waals surface area contributed by atoms with Crippen LogP contribution in [0.2, 0.25) is 0 Å². The fourth-order valence-electron chi connectivity index (χ4n) is 4.27. The lowest BCUT2D eigenvalue weighted by molar-refractivity contribution is -0.348. The summed E-state index contributed by atoms with van der Waals surface area (Å²) in [6, 6.07) is 1.98. The van der Waals surface area contributed by atoms with Crippen molar-refractivity contribution in [2.75, 3.05) is 13.1 Å². The number of nitrogens with zero attached hydrogens (tertiary/aromatic N) is 1. The Morgan fingerprint density at radius 1 is 1.11 bits per heavy atom. The molecule has 2 amide bonds. The van der Waals surface area contributed by atoms with Gasteiger partial charge in [0.2, 0.25) is 0 Å². The van der Waals surface area contributed by atoms with E-state index < -0.39 is 23.6 Å². The Hall–Kier alpha value is -2.00. The maximum absolute atomic E-state index is 14.3. The second-order valence-corrected chi connectivity index (χ2v) is 7.10. The Morgan fingerprint density at radius 3 is 2.32 bits per heavy atom. The molecule has 1 fully saturated rings. The number of hydrogen-bond donors (Lipinski definition) is 1. The first-order valence-electron chi connectivity index (χ1n) is 8.92. The molecule has 3 rings (SSSR count).